The van der Waals surface area contributed by atoms with Gasteiger partial charge in [-0.05, 0) is 7.05 Å². The Bertz CT molecular complexity index is 319. The Balaban J connectivity index is 1.85. The average Bonchev–Trinajstić information content (AvgIpc) is 2.74. The van der Waals surface area contributed by atoms with E-state index in [9.17, 15) is 4.79 Å². The number of carbonyl (C=O) groups excluding carboxylic acids is 1. The predicted molar refractivity (Wildman–Crippen MR) is 58.7 cm³/mol. The number of thiazole rings is 1. The molecule has 0 bridgehead atoms. The smallest absolute Gasteiger partial charge is 0.285 e. The zero-order chi connectivity index (χ0) is 10.7. The summed E-state index contributed by atoms with van der Waals surface area (Å²) in [5, 5.41) is 3.70. The largest absolute Gasteiger partial charge is 0.304 e. The summed E-state index contributed by atoms with van der Waals surface area (Å²) in [6.07, 6.45) is 0. The van der Waals surface area contributed by atoms with E-state index in [0.717, 1.165) is 26.2 Å². The molecular weight excluding hydrogens is 212 g/mol. The minimum absolute atomic E-state index is 0.110. The Labute approximate surface area is 92.7 Å². The fraction of sp³-hybridized carbons (Fsp3) is 0.556. The fourth-order valence-corrected chi connectivity index (χ4v) is 1.98. The zero-order valence-corrected chi connectivity index (χ0v) is 9.46. The summed E-state index contributed by atoms with van der Waals surface area (Å²) in [4.78, 5) is 17.8. The second kappa shape index (κ2) is 4.69. The highest BCUT2D eigenvalue weighted by atomic mass is 32.1. The van der Waals surface area contributed by atoms with Crippen LogP contribution in [0.3, 0.4) is 0 Å². The van der Waals surface area contributed by atoms with E-state index in [1.807, 2.05) is 5.01 Å². The van der Waals surface area contributed by atoms with E-state index in [1.165, 1.54) is 11.3 Å². The maximum absolute atomic E-state index is 11.6. The molecule has 1 aromatic heterocycles. The van der Waals surface area contributed by atoms with Gasteiger partial charge in [0.15, 0.2) is 0 Å². The number of carbonyl (C=O) groups is 1. The average molecular weight is 226 g/mol. The quantitative estimate of drug-likeness (QED) is 0.773. The number of hydrazine groups is 1. The van der Waals surface area contributed by atoms with Crippen LogP contribution in [0.25, 0.3) is 0 Å². The molecule has 1 aromatic rings. The molecule has 2 heterocycles. The van der Waals surface area contributed by atoms with E-state index in [4.69, 9.17) is 0 Å². The fourth-order valence-electron chi connectivity index (χ4n) is 1.44. The lowest BCUT2D eigenvalue weighted by Crippen LogP contribution is -2.52. The number of nitrogens with one attached hydrogen (secondary N) is 1. The van der Waals surface area contributed by atoms with Gasteiger partial charge in [0.05, 0.1) is 5.51 Å². The third kappa shape index (κ3) is 2.74. The van der Waals surface area contributed by atoms with Crippen molar-refractivity contribution in [2.75, 3.05) is 33.2 Å². The molecule has 0 aliphatic carbocycles. The Hall–Kier alpha value is -0.980. The highest BCUT2D eigenvalue weighted by Gasteiger charge is 2.16. The normalized spacial score (nSPS) is 19.0. The van der Waals surface area contributed by atoms with E-state index in [-0.39, 0.29) is 5.91 Å². The first-order valence-electron chi connectivity index (χ1n) is 4.88. The molecule has 0 radical (unpaired) electrons. The van der Waals surface area contributed by atoms with E-state index < -0.39 is 0 Å². The van der Waals surface area contributed by atoms with Crippen molar-refractivity contribution in [3.05, 3.63) is 16.6 Å². The Morgan fingerprint density at radius 1 is 1.47 bits per heavy atom. The van der Waals surface area contributed by atoms with Crippen molar-refractivity contribution >= 4 is 17.2 Å². The number of piperazine rings is 1. The van der Waals surface area contributed by atoms with Crippen LogP contribution in [0, 0.1) is 0 Å². The molecule has 1 aliphatic heterocycles. The van der Waals surface area contributed by atoms with Crippen LogP contribution in [0.2, 0.25) is 0 Å². The molecule has 1 N–H and O–H groups in total. The molecule has 5 nitrogen and oxygen atoms in total. The van der Waals surface area contributed by atoms with Gasteiger partial charge in [-0.25, -0.2) is 9.99 Å². The Morgan fingerprint density at radius 2 is 2.20 bits per heavy atom. The lowest BCUT2D eigenvalue weighted by molar-refractivity contribution is 0.0658. The molecule has 6 heteroatoms. The van der Waals surface area contributed by atoms with Crippen molar-refractivity contribution in [3.8, 4) is 0 Å². The molecule has 1 saturated heterocycles. The molecule has 0 aromatic carbocycles. The lowest BCUT2D eigenvalue weighted by atomic mass is 10.4. The van der Waals surface area contributed by atoms with Crippen molar-refractivity contribution in [1.82, 2.24) is 20.3 Å². The maximum atomic E-state index is 11.6. The van der Waals surface area contributed by atoms with Crippen molar-refractivity contribution in [2.24, 2.45) is 0 Å². The monoisotopic (exact) mass is 226 g/mol. The second-order valence-corrected chi connectivity index (χ2v) is 4.32. The van der Waals surface area contributed by atoms with Crippen molar-refractivity contribution in [1.29, 1.82) is 0 Å². The first kappa shape index (κ1) is 10.5. The summed E-state index contributed by atoms with van der Waals surface area (Å²) in [6, 6.07) is 0. The van der Waals surface area contributed by atoms with Gasteiger partial charge in [-0.3, -0.25) is 10.2 Å². The number of likely N-dealkylation sites (N-methyl/N-ethyl adjacent to an activating group) is 1. The third-order valence-corrected chi connectivity index (χ3v) is 3.01. The van der Waals surface area contributed by atoms with Gasteiger partial charge < -0.3 is 4.90 Å². The molecular formula is C9H14N4OS. The van der Waals surface area contributed by atoms with Crippen LogP contribution in [0.4, 0.5) is 0 Å². The van der Waals surface area contributed by atoms with Crippen LogP contribution in [-0.2, 0) is 0 Å². The van der Waals surface area contributed by atoms with E-state index in [1.54, 1.807) is 10.9 Å². The molecule has 0 atom stereocenters. The molecule has 1 fully saturated rings. The zero-order valence-electron chi connectivity index (χ0n) is 8.64. The minimum atomic E-state index is -0.110. The molecule has 15 heavy (non-hydrogen) atoms. The predicted octanol–water partition coefficient (Wildman–Crippen LogP) is 0.0353. The van der Waals surface area contributed by atoms with Crippen molar-refractivity contribution in [3.63, 3.8) is 0 Å². The van der Waals surface area contributed by atoms with Gasteiger partial charge in [-0.2, -0.15) is 0 Å². The molecule has 1 amide bonds. The van der Waals surface area contributed by atoms with Crippen LogP contribution in [-0.4, -0.2) is 54.0 Å². The van der Waals surface area contributed by atoms with Crippen LogP contribution in [0.15, 0.2) is 10.9 Å². The first-order valence-corrected chi connectivity index (χ1v) is 5.82. The summed E-state index contributed by atoms with van der Waals surface area (Å²) in [5.74, 6) is -0.110. The molecule has 0 saturated carbocycles. The van der Waals surface area contributed by atoms with Crippen LogP contribution >= 0.6 is 11.3 Å². The summed E-state index contributed by atoms with van der Waals surface area (Å²) in [7, 11) is 2.08. The highest BCUT2D eigenvalue weighted by Crippen LogP contribution is 2.02. The molecule has 82 valence electrons. The minimum Gasteiger partial charge on any atom is -0.304 e. The lowest BCUT2D eigenvalue weighted by Gasteiger charge is -2.32. The standard InChI is InChI=1S/C9H14N4OS/c1-12-2-4-13(5-3-12)11-9(14)8-6-15-7-10-8/h6-7H,2-5H2,1H3,(H,11,14). The van der Waals surface area contributed by atoms with E-state index in [0.29, 0.717) is 5.69 Å². The van der Waals surface area contributed by atoms with Crippen LogP contribution < -0.4 is 5.43 Å². The van der Waals surface area contributed by atoms with Gasteiger partial charge in [-0.1, -0.05) is 0 Å². The number of hydrogen-bond donors (Lipinski definition) is 1. The number of hydrogen-bond acceptors (Lipinski definition) is 5. The van der Waals surface area contributed by atoms with Gasteiger partial charge in [0.2, 0.25) is 0 Å². The van der Waals surface area contributed by atoms with Gasteiger partial charge in [0.1, 0.15) is 5.69 Å². The Morgan fingerprint density at radius 3 is 2.80 bits per heavy atom. The van der Waals surface area contributed by atoms with E-state index >= 15 is 0 Å². The van der Waals surface area contributed by atoms with Crippen LogP contribution in [0.5, 0.6) is 0 Å². The first-order chi connectivity index (χ1) is 7.25. The Kier molecular flexibility index (Phi) is 3.30. The maximum Gasteiger partial charge on any atom is 0.285 e. The SMILES string of the molecule is CN1CCN(NC(=O)c2cscn2)CC1. The number of nitrogens with zero attached hydrogens (tertiary/aromatic N) is 3. The van der Waals surface area contributed by atoms with Crippen LogP contribution in [0.1, 0.15) is 10.5 Å². The summed E-state index contributed by atoms with van der Waals surface area (Å²) >= 11 is 1.43. The topological polar surface area (TPSA) is 48.5 Å². The summed E-state index contributed by atoms with van der Waals surface area (Å²) in [6.45, 7) is 3.70. The third-order valence-electron chi connectivity index (χ3n) is 2.43. The summed E-state index contributed by atoms with van der Waals surface area (Å²) < 4.78 is 0. The number of aromatic nitrogens is 1. The molecule has 1 aliphatic rings. The summed E-state index contributed by atoms with van der Waals surface area (Å²) in [5.41, 5.74) is 5.02. The van der Waals surface area contributed by atoms with Gasteiger partial charge in [0, 0.05) is 31.6 Å². The van der Waals surface area contributed by atoms with Gasteiger partial charge in [0.25, 0.3) is 5.91 Å². The number of rotatable bonds is 2. The van der Waals surface area contributed by atoms with Crippen molar-refractivity contribution < 1.29 is 4.79 Å². The molecule has 0 unspecified atom stereocenters. The molecule has 0 spiro atoms. The highest BCUT2D eigenvalue weighted by molar-refractivity contribution is 7.07. The second-order valence-electron chi connectivity index (χ2n) is 3.60. The van der Waals surface area contributed by atoms with Gasteiger partial charge >= 0.3 is 0 Å². The van der Waals surface area contributed by atoms with Crippen molar-refractivity contribution in [2.45, 2.75) is 0 Å². The number of amides is 1. The molecule has 2 rings (SSSR count). The van der Waals surface area contributed by atoms with E-state index in [2.05, 4.69) is 22.4 Å². The van der Waals surface area contributed by atoms with Gasteiger partial charge in [-0.15, -0.1) is 11.3 Å².